The van der Waals surface area contributed by atoms with Crippen LogP contribution >= 0.6 is 0 Å². The molecule has 2 heterocycles. The molecule has 1 aromatic heterocycles. The summed E-state index contributed by atoms with van der Waals surface area (Å²) in [7, 11) is 2.11. The minimum atomic E-state index is 0.0262. The molecule has 1 aliphatic heterocycles. The summed E-state index contributed by atoms with van der Waals surface area (Å²) < 4.78 is 7.91. The molecular formula is C18H22N2O2. The van der Waals surface area contributed by atoms with Crippen LogP contribution in [-0.4, -0.2) is 36.2 Å². The highest BCUT2D eigenvalue weighted by molar-refractivity contribution is 5.18. The Hall–Kier alpha value is -1.91. The molecule has 1 fully saturated rings. The van der Waals surface area contributed by atoms with E-state index in [0.29, 0.717) is 6.54 Å². The Morgan fingerprint density at radius 2 is 1.91 bits per heavy atom. The van der Waals surface area contributed by atoms with Crippen LogP contribution in [0.15, 0.2) is 59.5 Å². The third-order valence-corrected chi connectivity index (χ3v) is 4.20. The number of benzene rings is 1. The third-order valence-electron chi connectivity index (χ3n) is 4.20. The van der Waals surface area contributed by atoms with Crippen molar-refractivity contribution in [2.24, 2.45) is 5.92 Å². The number of rotatable bonds is 3. The second kappa shape index (κ2) is 6.90. The summed E-state index contributed by atoms with van der Waals surface area (Å²) >= 11 is 0. The van der Waals surface area contributed by atoms with Gasteiger partial charge in [-0.1, -0.05) is 36.4 Å². The van der Waals surface area contributed by atoms with Crippen molar-refractivity contribution in [3.63, 3.8) is 0 Å². The molecule has 1 aromatic carbocycles. The lowest BCUT2D eigenvalue weighted by Gasteiger charge is -2.27. The van der Waals surface area contributed by atoms with Crippen LogP contribution in [0.5, 0.6) is 0 Å². The molecule has 2 aromatic rings. The summed E-state index contributed by atoms with van der Waals surface area (Å²) in [4.78, 5) is 14.3. The van der Waals surface area contributed by atoms with Crippen LogP contribution < -0.4 is 5.56 Å². The van der Waals surface area contributed by atoms with E-state index in [1.165, 1.54) is 5.56 Å². The van der Waals surface area contributed by atoms with E-state index in [1.807, 2.05) is 30.5 Å². The molecule has 0 spiro atoms. The van der Waals surface area contributed by atoms with Gasteiger partial charge in [0.1, 0.15) is 0 Å². The van der Waals surface area contributed by atoms with Gasteiger partial charge in [0, 0.05) is 37.8 Å². The molecule has 0 aliphatic carbocycles. The first-order valence-corrected chi connectivity index (χ1v) is 7.74. The standard InChI is InChI=1S/C18H22N2O2/c1-19-11-12-22-18(15-7-3-2-4-8-15)16(13-19)14-20-10-6-5-9-17(20)21/h2-10,16,18H,11-14H2,1H3. The van der Waals surface area contributed by atoms with Crippen molar-refractivity contribution >= 4 is 0 Å². The summed E-state index contributed by atoms with van der Waals surface area (Å²) in [6.07, 6.45) is 1.88. The first-order valence-electron chi connectivity index (χ1n) is 7.74. The van der Waals surface area contributed by atoms with E-state index in [2.05, 4.69) is 24.1 Å². The molecule has 2 atom stereocenters. The third kappa shape index (κ3) is 3.46. The lowest BCUT2D eigenvalue weighted by atomic mass is 9.95. The Balaban J connectivity index is 1.89. The quantitative estimate of drug-likeness (QED) is 0.871. The van der Waals surface area contributed by atoms with Crippen LogP contribution in [0.2, 0.25) is 0 Å². The highest BCUT2D eigenvalue weighted by Gasteiger charge is 2.28. The van der Waals surface area contributed by atoms with E-state index in [9.17, 15) is 4.79 Å². The van der Waals surface area contributed by atoms with E-state index in [0.717, 1.165) is 19.7 Å². The minimum absolute atomic E-state index is 0.0262. The molecule has 0 N–H and O–H groups in total. The van der Waals surface area contributed by atoms with Crippen molar-refractivity contribution in [2.45, 2.75) is 12.6 Å². The highest BCUT2D eigenvalue weighted by Crippen LogP contribution is 2.29. The predicted octanol–water partition coefficient (Wildman–Crippen LogP) is 2.17. The van der Waals surface area contributed by atoms with E-state index >= 15 is 0 Å². The Morgan fingerprint density at radius 3 is 2.68 bits per heavy atom. The maximum absolute atomic E-state index is 12.0. The fourth-order valence-electron chi connectivity index (χ4n) is 3.09. The lowest BCUT2D eigenvalue weighted by molar-refractivity contribution is 0.0251. The van der Waals surface area contributed by atoms with Gasteiger partial charge in [-0.15, -0.1) is 0 Å². The Bertz CT molecular complexity index is 653. The van der Waals surface area contributed by atoms with Crippen LogP contribution in [-0.2, 0) is 11.3 Å². The fraction of sp³-hybridized carbons (Fsp3) is 0.389. The zero-order valence-electron chi connectivity index (χ0n) is 12.9. The van der Waals surface area contributed by atoms with Crippen molar-refractivity contribution in [1.29, 1.82) is 0 Å². The summed E-state index contributed by atoms with van der Waals surface area (Å²) in [6, 6.07) is 15.6. The monoisotopic (exact) mass is 298 g/mol. The molecule has 0 amide bonds. The number of hydrogen-bond acceptors (Lipinski definition) is 3. The molecule has 116 valence electrons. The maximum atomic E-state index is 12.0. The zero-order chi connectivity index (χ0) is 15.4. The smallest absolute Gasteiger partial charge is 0.250 e. The van der Waals surface area contributed by atoms with Gasteiger partial charge in [-0.05, 0) is 18.7 Å². The van der Waals surface area contributed by atoms with Crippen LogP contribution in [0.25, 0.3) is 0 Å². The van der Waals surface area contributed by atoms with Crippen molar-refractivity contribution in [3.05, 3.63) is 70.6 Å². The second-order valence-electron chi connectivity index (χ2n) is 5.92. The number of nitrogens with zero attached hydrogens (tertiary/aromatic N) is 2. The van der Waals surface area contributed by atoms with Crippen molar-refractivity contribution in [3.8, 4) is 0 Å². The molecule has 4 heteroatoms. The summed E-state index contributed by atoms with van der Waals surface area (Å²) in [5.74, 6) is 0.245. The van der Waals surface area contributed by atoms with Gasteiger partial charge < -0.3 is 14.2 Å². The summed E-state index contributed by atoms with van der Waals surface area (Å²) in [5, 5.41) is 0. The number of ether oxygens (including phenoxy) is 1. The van der Waals surface area contributed by atoms with Gasteiger partial charge in [0.2, 0.25) is 0 Å². The molecule has 0 saturated carbocycles. The predicted molar refractivity (Wildman–Crippen MR) is 86.8 cm³/mol. The first-order chi connectivity index (χ1) is 10.7. The topological polar surface area (TPSA) is 34.5 Å². The summed E-state index contributed by atoms with van der Waals surface area (Å²) in [6.45, 7) is 3.23. The second-order valence-corrected chi connectivity index (χ2v) is 5.92. The largest absolute Gasteiger partial charge is 0.372 e. The van der Waals surface area contributed by atoms with Gasteiger partial charge >= 0.3 is 0 Å². The number of aromatic nitrogens is 1. The SMILES string of the molecule is CN1CCOC(c2ccccc2)C(Cn2ccccc2=O)C1. The Morgan fingerprint density at radius 1 is 1.14 bits per heavy atom. The Kier molecular flexibility index (Phi) is 4.71. The molecule has 22 heavy (non-hydrogen) atoms. The van der Waals surface area contributed by atoms with E-state index in [-0.39, 0.29) is 17.6 Å². The Labute approximate surface area is 131 Å². The number of hydrogen-bond donors (Lipinski definition) is 0. The maximum Gasteiger partial charge on any atom is 0.250 e. The average molecular weight is 298 g/mol. The van der Waals surface area contributed by atoms with Gasteiger partial charge in [0.15, 0.2) is 0 Å². The van der Waals surface area contributed by atoms with E-state index in [4.69, 9.17) is 4.74 Å². The normalized spacial score (nSPS) is 23.1. The fourth-order valence-corrected chi connectivity index (χ4v) is 3.09. The number of likely N-dealkylation sites (N-methyl/N-ethyl adjacent to an activating group) is 1. The molecular weight excluding hydrogens is 276 g/mol. The number of pyridine rings is 1. The van der Waals surface area contributed by atoms with Crippen LogP contribution in [0.3, 0.4) is 0 Å². The molecule has 4 nitrogen and oxygen atoms in total. The lowest BCUT2D eigenvalue weighted by Crippen LogP contribution is -2.32. The molecule has 1 saturated heterocycles. The van der Waals surface area contributed by atoms with Gasteiger partial charge in [-0.2, -0.15) is 0 Å². The average Bonchev–Trinajstić information content (AvgIpc) is 2.72. The molecule has 1 aliphatic rings. The van der Waals surface area contributed by atoms with Gasteiger partial charge in [-0.25, -0.2) is 0 Å². The van der Waals surface area contributed by atoms with E-state index in [1.54, 1.807) is 16.7 Å². The van der Waals surface area contributed by atoms with Crippen LogP contribution in [0, 0.1) is 5.92 Å². The van der Waals surface area contributed by atoms with Crippen molar-refractivity contribution < 1.29 is 4.74 Å². The summed E-state index contributed by atoms with van der Waals surface area (Å²) in [5.41, 5.74) is 1.23. The highest BCUT2D eigenvalue weighted by atomic mass is 16.5. The van der Waals surface area contributed by atoms with Gasteiger partial charge in [-0.3, -0.25) is 4.79 Å². The van der Waals surface area contributed by atoms with E-state index < -0.39 is 0 Å². The minimum Gasteiger partial charge on any atom is -0.372 e. The van der Waals surface area contributed by atoms with Crippen molar-refractivity contribution in [1.82, 2.24) is 9.47 Å². The molecule has 0 radical (unpaired) electrons. The van der Waals surface area contributed by atoms with Gasteiger partial charge in [0.25, 0.3) is 5.56 Å². The van der Waals surface area contributed by atoms with Gasteiger partial charge in [0.05, 0.1) is 12.7 Å². The van der Waals surface area contributed by atoms with Crippen LogP contribution in [0.4, 0.5) is 0 Å². The first kappa shape index (κ1) is 15.0. The molecule has 0 bridgehead atoms. The van der Waals surface area contributed by atoms with Crippen LogP contribution in [0.1, 0.15) is 11.7 Å². The molecule has 3 rings (SSSR count). The zero-order valence-corrected chi connectivity index (χ0v) is 12.9. The van der Waals surface area contributed by atoms with Crippen molar-refractivity contribution in [2.75, 3.05) is 26.7 Å². The molecule has 2 unspecified atom stereocenters.